The highest BCUT2D eigenvalue weighted by atomic mass is 16.6. The van der Waals surface area contributed by atoms with Crippen LogP contribution in [0.2, 0.25) is 0 Å². The van der Waals surface area contributed by atoms with E-state index in [1.807, 2.05) is 19.9 Å². The van der Waals surface area contributed by atoms with Crippen LogP contribution in [0.1, 0.15) is 101 Å². The van der Waals surface area contributed by atoms with E-state index >= 15 is 0 Å². The van der Waals surface area contributed by atoms with Crippen molar-refractivity contribution in [3.63, 3.8) is 0 Å². The Balaban J connectivity index is 1.35. The molecule has 0 N–H and O–H groups in total. The number of ketones is 2. The summed E-state index contributed by atoms with van der Waals surface area (Å²) in [6, 6.07) is 0. The molecule has 0 spiro atoms. The van der Waals surface area contributed by atoms with Crippen LogP contribution >= 0.6 is 0 Å². The molecule has 0 aromatic rings. The van der Waals surface area contributed by atoms with E-state index in [9.17, 15) is 14.4 Å². The molecule has 6 nitrogen and oxygen atoms in total. The molecule has 3 saturated carbocycles. The lowest BCUT2D eigenvalue weighted by atomic mass is 9.36. The Morgan fingerprint density at radius 1 is 1.08 bits per heavy atom. The van der Waals surface area contributed by atoms with Gasteiger partial charge in [0.1, 0.15) is 23.6 Å². The molecule has 2 aliphatic heterocycles. The van der Waals surface area contributed by atoms with Crippen molar-refractivity contribution >= 4 is 17.5 Å². The minimum absolute atomic E-state index is 0.0797. The van der Waals surface area contributed by atoms with Crippen molar-refractivity contribution in [1.82, 2.24) is 0 Å². The second kappa shape index (κ2) is 7.60. The number of esters is 1. The molecule has 2 saturated heterocycles. The van der Waals surface area contributed by atoms with Gasteiger partial charge in [-0.05, 0) is 80.3 Å². The zero-order valence-electron chi connectivity index (χ0n) is 24.7. The third-order valence-corrected chi connectivity index (χ3v) is 12.8. The molecule has 2 heterocycles. The molecule has 0 aromatic carbocycles. The summed E-state index contributed by atoms with van der Waals surface area (Å²) in [4.78, 5) is 39.1. The molecule has 0 radical (unpaired) electrons. The summed E-state index contributed by atoms with van der Waals surface area (Å²) in [5.41, 5.74) is -0.512. The van der Waals surface area contributed by atoms with Crippen LogP contribution in [0.5, 0.6) is 0 Å². The first-order valence-electron chi connectivity index (χ1n) is 14.8. The number of carbonyl (C=O) groups excluding carboxylic acids is 3. The summed E-state index contributed by atoms with van der Waals surface area (Å²) >= 11 is 0. The average Bonchev–Trinajstić information content (AvgIpc) is 3.64. The van der Waals surface area contributed by atoms with Gasteiger partial charge in [-0.2, -0.15) is 0 Å². The maximum absolute atomic E-state index is 14.3. The maximum Gasteiger partial charge on any atom is 0.302 e. The Hall–Kier alpha value is -1.53. The monoisotopic (exact) mass is 526 g/mol. The van der Waals surface area contributed by atoms with Crippen LogP contribution in [0.15, 0.2) is 11.6 Å². The lowest BCUT2D eigenvalue weighted by molar-refractivity contribution is -0.182. The van der Waals surface area contributed by atoms with E-state index in [-0.39, 0.29) is 75.1 Å². The predicted molar refractivity (Wildman–Crippen MR) is 142 cm³/mol. The molecular weight excluding hydrogens is 480 g/mol. The lowest BCUT2D eigenvalue weighted by Crippen LogP contribution is -2.64. The highest BCUT2D eigenvalue weighted by Gasteiger charge is 2.79. The van der Waals surface area contributed by atoms with Crippen molar-refractivity contribution < 1.29 is 28.6 Å². The molecule has 1 unspecified atom stereocenters. The average molecular weight is 527 g/mol. The van der Waals surface area contributed by atoms with E-state index in [4.69, 9.17) is 14.2 Å². The van der Waals surface area contributed by atoms with Crippen LogP contribution in [-0.4, -0.2) is 47.0 Å². The fraction of sp³-hybridized carbons (Fsp3) is 0.844. The molecule has 6 aliphatic rings. The number of hydrogen-bond acceptors (Lipinski definition) is 6. The van der Waals surface area contributed by atoms with Gasteiger partial charge in [0.25, 0.3) is 0 Å². The minimum atomic E-state index is -0.477. The number of carbonyl (C=O) groups is 3. The van der Waals surface area contributed by atoms with Gasteiger partial charge in [0.05, 0.1) is 11.7 Å². The number of hydrogen-bond donors (Lipinski definition) is 0. The van der Waals surface area contributed by atoms with E-state index in [1.54, 1.807) is 0 Å². The van der Waals surface area contributed by atoms with Gasteiger partial charge in [0.15, 0.2) is 5.78 Å². The van der Waals surface area contributed by atoms with Gasteiger partial charge in [-0.3, -0.25) is 14.4 Å². The van der Waals surface area contributed by atoms with Gasteiger partial charge in [0.2, 0.25) is 0 Å². The number of ether oxygens (including phenoxy) is 3. The van der Waals surface area contributed by atoms with Crippen molar-refractivity contribution in [2.24, 2.45) is 39.4 Å². The fourth-order valence-corrected chi connectivity index (χ4v) is 10.6. The number of epoxide rings is 2. The third kappa shape index (κ3) is 3.16. The predicted octanol–water partition coefficient (Wildman–Crippen LogP) is 5.61. The summed E-state index contributed by atoms with van der Waals surface area (Å²) in [5, 5.41) is 0. The van der Waals surface area contributed by atoms with Gasteiger partial charge in [-0.25, -0.2) is 0 Å². The van der Waals surface area contributed by atoms with Crippen molar-refractivity contribution in [2.45, 2.75) is 130 Å². The second-order valence-electron chi connectivity index (χ2n) is 15.4. The summed E-state index contributed by atoms with van der Waals surface area (Å²) in [6.07, 6.45) is 6.45. The quantitative estimate of drug-likeness (QED) is 0.342. The molecule has 210 valence electrons. The van der Waals surface area contributed by atoms with Crippen LogP contribution < -0.4 is 0 Å². The number of allylic oxidation sites excluding steroid dienone is 1. The molecule has 5 fully saturated rings. The van der Waals surface area contributed by atoms with Crippen LogP contribution in [0, 0.1) is 39.4 Å². The first kappa shape index (κ1) is 26.7. The summed E-state index contributed by atoms with van der Waals surface area (Å²) in [6.45, 7) is 19.0. The smallest absolute Gasteiger partial charge is 0.302 e. The molecular formula is C32H46O6. The first-order valence-corrected chi connectivity index (χ1v) is 14.8. The zero-order valence-corrected chi connectivity index (χ0v) is 24.7. The Kier molecular flexibility index (Phi) is 5.34. The van der Waals surface area contributed by atoms with E-state index in [1.165, 1.54) is 6.92 Å². The van der Waals surface area contributed by atoms with E-state index in [0.29, 0.717) is 18.6 Å². The van der Waals surface area contributed by atoms with Gasteiger partial charge >= 0.3 is 5.97 Å². The lowest BCUT2D eigenvalue weighted by Gasteiger charge is -2.66. The van der Waals surface area contributed by atoms with Crippen LogP contribution in [0.3, 0.4) is 0 Å². The number of fused-ring (bicyclic) bond motifs is 7. The van der Waals surface area contributed by atoms with Crippen LogP contribution in [-0.2, 0) is 28.6 Å². The summed E-state index contributed by atoms with van der Waals surface area (Å²) in [5.74, 6) is 0.497. The third-order valence-electron chi connectivity index (χ3n) is 12.8. The molecule has 10 atom stereocenters. The van der Waals surface area contributed by atoms with Crippen LogP contribution in [0.4, 0.5) is 0 Å². The Morgan fingerprint density at radius 2 is 1.74 bits per heavy atom. The van der Waals surface area contributed by atoms with E-state index < -0.39 is 5.60 Å². The number of Topliss-reactive ketones (excluding diaryl/α,β-unsaturated/α-hetero) is 1. The summed E-state index contributed by atoms with van der Waals surface area (Å²) in [7, 11) is 0. The molecule has 0 amide bonds. The normalized spacial score (nSPS) is 49.0. The Labute approximate surface area is 227 Å². The van der Waals surface area contributed by atoms with Crippen LogP contribution in [0.25, 0.3) is 0 Å². The highest BCUT2D eigenvalue weighted by Crippen LogP contribution is 2.77. The highest BCUT2D eigenvalue weighted by molar-refractivity contribution is 5.97. The topological polar surface area (TPSA) is 85.5 Å². The Morgan fingerprint density at radius 3 is 2.34 bits per heavy atom. The van der Waals surface area contributed by atoms with Gasteiger partial charge in [0, 0.05) is 30.1 Å². The van der Waals surface area contributed by atoms with Crippen molar-refractivity contribution in [3.05, 3.63) is 11.6 Å². The van der Waals surface area contributed by atoms with Gasteiger partial charge < -0.3 is 14.2 Å². The zero-order chi connectivity index (χ0) is 27.8. The van der Waals surface area contributed by atoms with Gasteiger partial charge in [-0.15, -0.1) is 0 Å². The molecule has 38 heavy (non-hydrogen) atoms. The largest absolute Gasteiger partial charge is 0.460 e. The van der Waals surface area contributed by atoms with Crippen molar-refractivity contribution in [1.29, 1.82) is 0 Å². The molecule has 4 aliphatic carbocycles. The fourth-order valence-electron chi connectivity index (χ4n) is 10.6. The molecule has 6 heteroatoms. The maximum atomic E-state index is 14.3. The number of rotatable bonds is 5. The molecule has 6 rings (SSSR count). The van der Waals surface area contributed by atoms with Gasteiger partial charge in [-0.1, -0.05) is 41.5 Å². The molecule has 0 aromatic heterocycles. The Bertz CT molecular complexity index is 1150. The van der Waals surface area contributed by atoms with Crippen molar-refractivity contribution in [3.8, 4) is 0 Å². The van der Waals surface area contributed by atoms with E-state index in [0.717, 1.165) is 31.3 Å². The second-order valence-corrected chi connectivity index (χ2v) is 15.4. The molecule has 0 bridgehead atoms. The van der Waals surface area contributed by atoms with Crippen molar-refractivity contribution in [2.75, 3.05) is 0 Å². The first-order chi connectivity index (χ1) is 17.4. The van der Waals surface area contributed by atoms with E-state index in [2.05, 4.69) is 41.5 Å². The summed E-state index contributed by atoms with van der Waals surface area (Å²) < 4.78 is 18.1. The minimum Gasteiger partial charge on any atom is -0.460 e. The standard InChI is InChI=1S/C32H46O6/c1-17(14-20(36-18(2)33)26-28(5,6)38-26)32-22-15-19(34)25-29(7)12-11-23(35)27(3,4)21(29)10-13-30(25,8)31(22,9)16-24(32)37-32/h15,17,20-21,24-26H,10-14,16H2,1-9H3/t17-,20+,21?,24-,25+,26-,29+,30+,31+,32+/m1/s1. The SMILES string of the molecule is CC(=O)O[C@@H](C[C@@H](C)[C@@]12O[C@@H]1C[C@@]1(C)C2=CC(=O)[C@H]2[C@@]3(C)CCC(=O)C(C)(C)C3CC[C@@]21C)[C@H]1OC1(C)C.